The monoisotopic (exact) mass is 251 g/mol. The van der Waals surface area contributed by atoms with Crippen LogP contribution < -0.4 is 17.0 Å². The van der Waals surface area contributed by atoms with Crippen molar-refractivity contribution in [2.45, 2.75) is 47.0 Å². The van der Waals surface area contributed by atoms with Gasteiger partial charge in [-0.05, 0) is 27.7 Å². The van der Waals surface area contributed by atoms with Gasteiger partial charge >= 0.3 is 0 Å². The van der Waals surface area contributed by atoms with Gasteiger partial charge in [0.15, 0.2) is 0 Å². The summed E-state index contributed by atoms with van der Waals surface area (Å²) in [7, 11) is 0. The van der Waals surface area contributed by atoms with E-state index < -0.39 is 0 Å². The van der Waals surface area contributed by atoms with Crippen molar-refractivity contribution in [2.75, 3.05) is 26.2 Å². The fraction of sp³-hybridized carbons (Fsp3) is 1.00. The van der Waals surface area contributed by atoms with Gasteiger partial charge in [0.1, 0.15) is 0 Å². The van der Waals surface area contributed by atoms with Crippen LogP contribution >= 0.6 is 0 Å². The molecule has 0 radical (unpaired) electrons. The molecule has 2 heteroatoms. The third-order valence-corrected chi connectivity index (χ3v) is 3.04. The second kappa shape index (κ2) is 9.01. The zero-order valence-corrected chi connectivity index (χ0v) is 11.4. The second-order valence-corrected chi connectivity index (χ2v) is 3.67. The van der Waals surface area contributed by atoms with Crippen LogP contribution in [0.25, 0.3) is 0 Å². The first-order valence-electron chi connectivity index (χ1n) is 5.59. The third-order valence-electron chi connectivity index (χ3n) is 3.04. The van der Waals surface area contributed by atoms with Gasteiger partial charge in [0.25, 0.3) is 0 Å². The smallest absolute Gasteiger partial charge is 0.0757 e. The molecule has 0 saturated heterocycles. The van der Waals surface area contributed by atoms with E-state index >= 15 is 0 Å². The Balaban J connectivity index is 0. The van der Waals surface area contributed by atoms with Gasteiger partial charge < -0.3 is 21.5 Å². The Morgan fingerprint density at radius 2 is 0.923 bits per heavy atom. The van der Waals surface area contributed by atoms with Crippen LogP contribution in [0.4, 0.5) is 0 Å². The van der Waals surface area contributed by atoms with Crippen molar-refractivity contribution in [1.82, 2.24) is 0 Å². The Labute approximate surface area is 94.9 Å². The number of rotatable bonds is 4. The predicted molar refractivity (Wildman–Crippen MR) is 56.3 cm³/mol. The van der Waals surface area contributed by atoms with Crippen molar-refractivity contribution >= 4 is 0 Å². The molecule has 0 spiro atoms. The Hall–Kier alpha value is 0.440. The van der Waals surface area contributed by atoms with E-state index in [1.165, 1.54) is 49.9 Å². The molecule has 1 fully saturated rings. The lowest BCUT2D eigenvalue weighted by molar-refractivity contribution is -0.921. The van der Waals surface area contributed by atoms with Crippen LogP contribution in [0.1, 0.15) is 47.0 Å². The average Bonchev–Trinajstić information content (AvgIpc) is 2.96. The van der Waals surface area contributed by atoms with Gasteiger partial charge in [0.2, 0.25) is 0 Å². The molecular formula is C11H26BrN. The van der Waals surface area contributed by atoms with E-state index in [2.05, 4.69) is 27.7 Å². The Morgan fingerprint density at radius 3 is 0.923 bits per heavy atom. The van der Waals surface area contributed by atoms with Crippen LogP contribution in [0.3, 0.4) is 0 Å². The van der Waals surface area contributed by atoms with E-state index in [0.29, 0.717) is 0 Å². The number of quaternary nitrogens is 1. The minimum Gasteiger partial charge on any atom is -1.00 e. The molecule has 1 aliphatic carbocycles. The summed E-state index contributed by atoms with van der Waals surface area (Å²) in [6, 6.07) is 0. The predicted octanol–water partition coefficient (Wildman–Crippen LogP) is 0.0571. The SMILES string of the molecule is C1CC1.CC[N+](CC)(CC)CC.[Br-]. The van der Waals surface area contributed by atoms with Crippen molar-refractivity contribution in [3.05, 3.63) is 0 Å². The molecule has 0 amide bonds. The van der Waals surface area contributed by atoms with Crippen molar-refractivity contribution < 1.29 is 21.5 Å². The van der Waals surface area contributed by atoms with Crippen LogP contribution in [0.15, 0.2) is 0 Å². The summed E-state index contributed by atoms with van der Waals surface area (Å²) in [6.07, 6.45) is 4.50. The van der Waals surface area contributed by atoms with Gasteiger partial charge in [0, 0.05) is 0 Å². The van der Waals surface area contributed by atoms with Crippen LogP contribution in [0, 0.1) is 0 Å². The molecule has 1 saturated carbocycles. The molecule has 0 bridgehead atoms. The zero-order chi connectivity index (χ0) is 9.45. The maximum atomic E-state index is 2.27. The standard InChI is InChI=1S/C8H20N.C3H6.BrH/c1-5-9(6-2,7-3)8-4;1-2-3-1;/h5-8H2,1-4H3;1-3H2;1H/q+1;;/p-1. The van der Waals surface area contributed by atoms with E-state index in [1.54, 1.807) is 0 Å². The molecular weight excluding hydrogens is 226 g/mol. The summed E-state index contributed by atoms with van der Waals surface area (Å²) < 4.78 is 1.28. The molecule has 1 nitrogen and oxygen atoms in total. The van der Waals surface area contributed by atoms with Gasteiger partial charge in [-0.1, -0.05) is 19.3 Å². The molecule has 1 rings (SSSR count). The van der Waals surface area contributed by atoms with E-state index in [4.69, 9.17) is 0 Å². The summed E-state index contributed by atoms with van der Waals surface area (Å²) in [5, 5.41) is 0. The highest BCUT2D eigenvalue weighted by Gasteiger charge is 2.16. The normalized spacial score (nSPS) is 13.8. The maximum absolute atomic E-state index is 2.27. The topological polar surface area (TPSA) is 0 Å². The highest BCUT2D eigenvalue weighted by molar-refractivity contribution is 4.50. The van der Waals surface area contributed by atoms with Gasteiger partial charge in [-0.2, -0.15) is 0 Å². The van der Waals surface area contributed by atoms with Gasteiger partial charge in [0.05, 0.1) is 26.2 Å². The van der Waals surface area contributed by atoms with Crippen molar-refractivity contribution in [3.63, 3.8) is 0 Å². The zero-order valence-electron chi connectivity index (χ0n) is 9.77. The Bertz CT molecular complexity index is 78.0. The van der Waals surface area contributed by atoms with Crippen molar-refractivity contribution in [1.29, 1.82) is 0 Å². The largest absolute Gasteiger partial charge is 1.00 e. The van der Waals surface area contributed by atoms with Crippen molar-refractivity contribution in [3.8, 4) is 0 Å². The molecule has 0 aromatic heterocycles. The third kappa shape index (κ3) is 7.51. The molecule has 0 aliphatic heterocycles. The quantitative estimate of drug-likeness (QED) is 0.621. The summed E-state index contributed by atoms with van der Waals surface area (Å²) in [6.45, 7) is 14.2. The van der Waals surface area contributed by atoms with Gasteiger partial charge in [-0.3, -0.25) is 0 Å². The first kappa shape index (κ1) is 15.9. The molecule has 0 unspecified atom stereocenters. The van der Waals surface area contributed by atoms with E-state index in [0.717, 1.165) is 0 Å². The molecule has 82 valence electrons. The number of nitrogens with zero attached hydrogens (tertiary/aromatic N) is 1. The molecule has 1 aliphatic rings. The minimum absolute atomic E-state index is 0. The Kier molecular flexibility index (Phi) is 11.0. The lowest BCUT2D eigenvalue weighted by Crippen LogP contribution is -3.00. The van der Waals surface area contributed by atoms with Crippen LogP contribution in [-0.4, -0.2) is 30.7 Å². The summed E-state index contributed by atoms with van der Waals surface area (Å²) >= 11 is 0. The maximum Gasteiger partial charge on any atom is 0.0757 e. The molecule has 0 heterocycles. The highest BCUT2D eigenvalue weighted by atomic mass is 79.9. The lowest BCUT2D eigenvalue weighted by atomic mass is 10.3. The molecule has 0 N–H and O–H groups in total. The van der Waals surface area contributed by atoms with Gasteiger partial charge in [-0.15, -0.1) is 0 Å². The van der Waals surface area contributed by atoms with Crippen LogP contribution in [-0.2, 0) is 0 Å². The van der Waals surface area contributed by atoms with E-state index in [9.17, 15) is 0 Å². The molecule has 0 aromatic carbocycles. The molecule has 0 atom stereocenters. The summed E-state index contributed by atoms with van der Waals surface area (Å²) in [4.78, 5) is 0. The molecule has 13 heavy (non-hydrogen) atoms. The fourth-order valence-corrected chi connectivity index (χ4v) is 1.34. The first-order chi connectivity index (χ1) is 5.74. The second-order valence-electron chi connectivity index (χ2n) is 3.67. The van der Waals surface area contributed by atoms with Crippen LogP contribution in [0.5, 0.6) is 0 Å². The minimum atomic E-state index is 0. The number of halogens is 1. The number of hydrogen-bond donors (Lipinski definition) is 0. The number of hydrogen-bond acceptors (Lipinski definition) is 0. The van der Waals surface area contributed by atoms with E-state index in [1.807, 2.05) is 0 Å². The highest BCUT2D eigenvalue weighted by Crippen LogP contribution is 2.14. The summed E-state index contributed by atoms with van der Waals surface area (Å²) in [5.41, 5.74) is 0. The van der Waals surface area contributed by atoms with E-state index in [-0.39, 0.29) is 17.0 Å². The lowest BCUT2D eigenvalue weighted by Gasteiger charge is -2.34. The first-order valence-corrected chi connectivity index (χ1v) is 5.59. The average molecular weight is 252 g/mol. The van der Waals surface area contributed by atoms with Crippen LogP contribution in [0.2, 0.25) is 0 Å². The fourth-order valence-electron chi connectivity index (χ4n) is 1.34. The van der Waals surface area contributed by atoms with Gasteiger partial charge in [-0.25, -0.2) is 0 Å². The Morgan fingerprint density at radius 1 is 0.692 bits per heavy atom. The van der Waals surface area contributed by atoms with Crippen molar-refractivity contribution in [2.24, 2.45) is 0 Å². The summed E-state index contributed by atoms with van der Waals surface area (Å²) in [5.74, 6) is 0. The molecule has 0 aromatic rings.